The van der Waals surface area contributed by atoms with Crippen LogP contribution in [0.3, 0.4) is 0 Å². The molecule has 0 aromatic heterocycles. The summed E-state index contributed by atoms with van der Waals surface area (Å²) in [5.41, 5.74) is 2.62. The van der Waals surface area contributed by atoms with Crippen molar-refractivity contribution in [2.24, 2.45) is 40.4 Å². The number of methoxy groups -OCH3 is 1. The molecule has 0 radical (unpaired) electrons. The van der Waals surface area contributed by atoms with E-state index in [1.807, 2.05) is 11.9 Å². The summed E-state index contributed by atoms with van der Waals surface area (Å²) in [6, 6.07) is 1.09. The predicted molar refractivity (Wildman–Crippen MR) is 138 cm³/mol. The molecule has 3 saturated carbocycles. The summed E-state index contributed by atoms with van der Waals surface area (Å²) < 4.78 is 5.61. The fourth-order valence-corrected chi connectivity index (χ4v) is 9.91. The molecular formula is C30H50N2O2. The van der Waals surface area contributed by atoms with E-state index in [9.17, 15) is 4.79 Å². The summed E-state index contributed by atoms with van der Waals surface area (Å²) in [5.74, 6) is 4.22. The average molecular weight is 471 g/mol. The topological polar surface area (TPSA) is 32.8 Å². The van der Waals surface area contributed by atoms with E-state index in [-0.39, 0.29) is 12.0 Å². The van der Waals surface area contributed by atoms with Gasteiger partial charge in [-0.1, -0.05) is 32.4 Å². The predicted octanol–water partition coefficient (Wildman–Crippen LogP) is 5.77. The Morgan fingerprint density at radius 1 is 1.18 bits per heavy atom. The highest BCUT2D eigenvalue weighted by Gasteiger charge is 2.64. The molecule has 34 heavy (non-hydrogen) atoms. The molecule has 192 valence electrons. The van der Waals surface area contributed by atoms with Crippen LogP contribution in [-0.2, 0) is 9.53 Å². The second-order valence-electron chi connectivity index (χ2n) is 13.6. The Balaban J connectivity index is 1.32. The second kappa shape index (κ2) is 8.91. The Morgan fingerprint density at radius 2 is 1.91 bits per heavy atom. The third-order valence-electron chi connectivity index (χ3n) is 11.8. The van der Waals surface area contributed by atoms with Gasteiger partial charge in [-0.25, -0.2) is 0 Å². The first-order chi connectivity index (χ1) is 16.1. The van der Waals surface area contributed by atoms with Crippen molar-refractivity contribution in [3.8, 4) is 0 Å². The average Bonchev–Trinajstić information content (AvgIpc) is 3.29. The monoisotopic (exact) mass is 470 g/mol. The number of likely N-dealkylation sites (N-methyl/N-ethyl adjacent to an activating group) is 1. The van der Waals surface area contributed by atoms with Gasteiger partial charge in [0.1, 0.15) is 6.10 Å². The molecule has 1 aliphatic heterocycles. The number of fused-ring (bicyclic) bond motifs is 4. The Labute approximate surface area is 208 Å². The van der Waals surface area contributed by atoms with Gasteiger partial charge in [-0.2, -0.15) is 0 Å². The molecule has 0 aromatic carbocycles. The first kappa shape index (κ1) is 24.8. The first-order valence-electron chi connectivity index (χ1n) is 14.3. The number of carbonyl (C=O) groups is 1. The quantitative estimate of drug-likeness (QED) is 0.478. The van der Waals surface area contributed by atoms with Crippen LogP contribution < -0.4 is 0 Å². The highest BCUT2D eigenvalue weighted by molar-refractivity contribution is 5.81. The summed E-state index contributed by atoms with van der Waals surface area (Å²) in [4.78, 5) is 17.9. The van der Waals surface area contributed by atoms with E-state index in [0.29, 0.717) is 22.8 Å². The van der Waals surface area contributed by atoms with Crippen molar-refractivity contribution >= 4 is 5.91 Å². The summed E-state index contributed by atoms with van der Waals surface area (Å²) in [6.07, 6.45) is 13.7. The third-order valence-corrected chi connectivity index (χ3v) is 11.8. The van der Waals surface area contributed by atoms with Crippen molar-refractivity contribution in [2.45, 2.75) is 104 Å². The van der Waals surface area contributed by atoms with Crippen LogP contribution >= 0.6 is 0 Å². The lowest BCUT2D eigenvalue weighted by Crippen LogP contribution is -2.53. The fraction of sp³-hybridized carbons (Fsp3) is 0.900. The minimum atomic E-state index is -0.306. The molecule has 9 atom stereocenters. The summed E-state index contributed by atoms with van der Waals surface area (Å²) in [6.45, 7) is 10.8. The summed E-state index contributed by atoms with van der Waals surface area (Å²) >= 11 is 0. The lowest BCUT2D eigenvalue weighted by molar-refractivity contribution is -0.144. The molecule has 1 amide bonds. The molecule has 1 saturated heterocycles. The molecule has 0 bridgehead atoms. The van der Waals surface area contributed by atoms with Crippen LogP contribution in [0.5, 0.6) is 0 Å². The zero-order chi connectivity index (χ0) is 24.4. The Hall–Kier alpha value is -0.870. The molecule has 1 heterocycles. The van der Waals surface area contributed by atoms with Gasteiger partial charge in [0.05, 0.1) is 0 Å². The maximum atomic E-state index is 13.2. The number of amides is 1. The molecular weight excluding hydrogens is 420 g/mol. The van der Waals surface area contributed by atoms with E-state index in [2.05, 4.69) is 45.7 Å². The number of carbonyl (C=O) groups excluding carboxylic acids is 1. The van der Waals surface area contributed by atoms with Crippen molar-refractivity contribution < 1.29 is 9.53 Å². The second-order valence-corrected chi connectivity index (χ2v) is 13.6. The highest BCUT2D eigenvalue weighted by atomic mass is 16.5. The van der Waals surface area contributed by atoms with E-state index < -0.39 is 0 Å². The SMILES string of the molecule is COC(CC(C)C)C(=O)N(C)C1CCC2(C)C(=CCC3C2CCC24CN(C)C(C)C2CCC34)C1. The number of hydrogen-bond donors (Lipinski definition) is 0. The van der Waals surface area contributed by atoms with Crippen molar-refractivity contribution in [3.05, 3.63) is 11.6 Å². The van der Waals surface area contributed by atoms with Crippen LogP contribution in [0, 0.1) is 40.4 Å². The van der Waals surface area contributed by atoms with Gasteiger partial charge in [-0.05, 0) is 112 Å². The molecule has 0 aromatic rings. The maximum absolute atomic E-state index is 13.2. The van der Waals surface area contributed by atoms with Crippen molar-refractivity contribution in [1.29, 1.82) is 0 Å². The van der Waals surface area contributed by atoms with Gasteiger partial charge < -0.3 is 14.5 Å². The molecule has 1 spiro atoms. The minimum absolute atomic E-state index is 0.176. The van der Waals surface area contributed by atoms with E-state index in [4.69, 9.17) is 4.74 Å². The summed E-state index contributed by atoms with van der Waals surface area (Å²) in [7, 11) is 6.08. The van der Waals surface area contributed by atoms with Gasteiger partial charge in [0.2, 0.25) is 0 Å². The van der Waals surface area contributed by atoms with E-state index in [0.717, 1.165) is 49.0 Å². The lowest BCUT2D eigenvalue weighted by atomic mass is 9.47. The van der Waals surface area contributed by atoms with E-state index in [1.165, 1.54) is 45.1 Å². The largest absolute Gasteiger partial charge is 0.372 e. The zero-order valence-corrected chi connectivity index (χ0v) is 23.0. The molecule has 0 N–H and O–H groups in total. The van der Waals surface area contributed by atoms with Crippen LogP contribution in [0.4, 0.5) is 0 Å². The van der Waals surface area contributed by atoms with Crippen LogP contribution in [0.15, 0.2) is 11.6 Å². The zero-order valence-electron chi connectivity index (χ0n) is 23.0. The number of allylic oxidation sites excluding steroid dienone is 1. The molecule has 4 heteroatoms. The van der Waals surface area contributed by atoms with Crippen molar-refractivity contribution in [3.63, 3.8) is 0 Å². The molecule has 9 unspecified atom stereocenters. The van der Waals surface area contributed by atoms with Crippen molar-refractivity contribution in [2.75, 3.05) is 27.7 Å². The molecule has 5 aliphatic rings. The number of likely N-dealkylation sites (tertiary alicyclic amines) is 1. The summed E-state index contributed by atoms with van der Waals surface area (Å²) in [5, 5.41) is 0. The standard InChI is InChI=1S/C30H50N2O2/c1-19(2)16-27(34-7)28(33)32(6)22-12-14-29(4)21(17-22)8-9-23-25(29)13-15-30-18-31(5)20(3)24(30)10-11-26(23)30/h8,19-20,22-27H,9-18H2,1-7H3. The van der Waals surface area contributed by atoms with E-state index >= 15 is 0 Å². The minimum Gasteiger partial charge on any atom is -0.372 e. The third kappa shape index (κ3) is 3.64. The van der Waals surface area contributed by atoms with Crippen LogP contribution in [0.2, 0.25) is 0 Å². The van der Waals surface area contributed by atoms with Crippen LogP contribution in [0.1, 0.15) is 85.5 Å². The first-order valence-corrected chi connectivity index (χ1v) is 14.3. The van der Waals surface area contributed by atoms with Gasteiger partial charge in [-0.15, -0.1) is 0 Å². The van der Waals surface area contributed by atoms with Crippen LogP contribution in [-0.4, -0.2) is 61.6 Å². The van der Waals surface area contributed by atoms with Gasteiger partial charge in [0.25, 0.3) is 5.91 Å². The van der Waals surface area contributed by atoms with Gasteiger partial charge in [0, 0.05) is 32.8 Å². The van der Waals surface area contributed by atoms with Gasteiger partial charge in [0.15, 0.2) is 0 Å². The Morgan fingerprint density at radius 3 is 2.62 bits per heavy atom. The van der Waals surface area contributed by atoms with Crippen molar-refractivity contribution in [1.82, 2.24) is 9.80 Å². The molecule has 4 nitrogen and oxygen atoms in total. The lowest BCUT2D eigenvalue weighted by Gasteiger charge is -2.58. The molecule has 5 rings (SSSR count). The number of ether oxygens (including phenoxy) is 1. The van der Waals surface area contributed by atoms with Crippen LogP contribution in [0.25, 0.3) is 0 Å². The van der Waals surface area contributed by atoms with Gasteiger partial charge >= 0.3 is 0 Å². The van der Waals surface area contributed by atoms with Gasteiger partial charge in [-0.3, -0.25) is 4.79 Å². The smallest absolute Gasteiger partial charge is 0.251 e. The Bertz CT molecular complexity index is 823. The molecule has 4 fully saturated rings. The normalized spacial score (nSPS) is 44.6. The number of hydrogen-bond acceptors (Lipinski definition) is 3. The fourth-order valence-electron chi connectivity index (χ4n) is 9.91. The number of nitrogens with zero attached hydrogens (tertiary/aromatic N) is 2. The number of rotatable bonds is 5. The highest BCUT2D eigenvalue weighted by Crippen LogP contribution is 2.68. The maximum Gasteiger partial charge on any atom is 0.251 e. The molecule has 4 aliphatic carbocycles. The Kier molecular flexibility index (Phi) is 6.50. The van der Waals surface area contributed by atoms with E-state index in [1.54, 1.807) is 12.7 Å².